The highest BCUT2D eigenvalue weighted by atomic mass is 32.2. The molecule has 12 heteroatoms. The summed E-state index contributed by atoms with van der Waals surface area (Å²) in [6.07, 6.45) is 17.1. The molecular formula is C39H49N2O8S2-. The first-order chi connectivity index (χ1) is 24.3. The van der Waals surface area contributed by atoms with Gasteiger partial charge in [0.05, 0.1) is 18.4 Å². The number of carboxylic acid groups (broad SMARTS) is 1. The number of hydrogen-bond donors (Lipinski definition) is 2. The molecule has 2 N–H and O–H groups in total. The highest BCUT2D eigenvalue weighted by molar-refractivity contribution is 7.79. The molecule has 0 aliphatic carbocycles. The smallest absolute Gasteiger partial charge is 0.307 e. The van der Waals surface area contributed by atoms with E-state index in [1.807, 2.05) is 54.6 Å². The standard InChI is InChI=1S/C39H50N2O8S2/c1-38(2)31-26-29(20-23-49-44)16-18-33(31)40(21-10-12-24-50(45)46)35(38)14-8-6-5-7-9-15-36-39(3,4)32-27-30(28-37(42)43)17-19-34(32)41(36)22-11-13-25-51(47)48/h5-9,14-19,26-27H,10-13,20-25,28H2,1-4H3,(H3-,42,43,44,45,46,47,48)/p-1. The predicted molar refractivity (Wildman–Crippen MR) is 201 cm³/mol. The van der Waals surface area contributed by atoms with E-state index in [0.717, 1.165) is 45.9 Å². The van der Waals surface area contributed by atoms with Crippen LogP contribution in [-0.4, -0.2) is 75.3 Å². The molecule has 0 fully saturated rings. The molecule has 0 radical (unpaired) electrons. The SMILES string of the molecule is CC1(C)C(/C=C/C=C/C=C/C=C2\N(CCCCS(=O)[O-])c3ccc(CC(=O)O)cc3C2(C)C)=[N+](CCCCS(=O)[O-])c2ccc(CCOO)cc21. The number of carbonyl (C=O) groups is 1. The van der Waals surface area contributed by atoms with Gasteiger partial charge in [0.15, 0.2) is 5.71 Å². The Kier molecular flexibility index (Phi) is 14.4. The number of nitrogens with zero attached hydrogens (tertiary/aromatic N) is 2. The highest BCUT2D eigenvalue weighted by Gasteiger charge is 2.44. The van der Waals surface area contributed by atoms with Gasteiger partial charge in [0.25, 0.3) is 0 Å². The average molecular weight is 738 g/mol. The maximum absolute atomic E-state index is 11.4. The molecule has 0 amide bonds. The topological polar surface area (TPSA) is 153 Å². The van der Waals surface area contributed by atoms with Crippen molar-refractivity contribution in [1.82, 2.24) is 0 Å². The average Bonchev–Trinajstić information content (AvgIpc) is 3.40. The third-order valence-electron chi connectivity index (χ3n) is 9.59. The minimum absolute atomic E-state index is 0.0548. The molecule has 4 rings (SSSR count). The summed E-state index contributed by atoms with van der Waals surface area (Å²) < 4.78 is 46.7. The molecule has 51 heavy (non-hydrogen) atoms. The molecule has 0 saturated heterocycles. The number of allylic oxidation sites excluding steroid dienone is 8. The summed E-state index contributed by atoms with van der Waals surface area (Å²) in [5.41, 5.74) is 7.57. The maximum Gasteiger partial charge on any atom is 0.307 e. The number of unbranched alkanes of at least 4 members (excludes halogenated alkanes) is 2. The molecule has 0 aromatic heterocycles. The lowest BCUT2D eigenvalue weighted by atomic mass is 9.80. The van der Waals surface area contributed by atoms with Gasteiger partial charge in [-0.25, -0.2) is 4.89 Å². The molecule has 2 aliphatic rings. The summed E-state index contributed by atoms with van der Waals surface area (Å²) in [5, 5.41) is 18.2. The van der Waals surface area contributed by atoms with Crippen molar-refractivity contribution in [2.75, 3.05) is 36.1 Å². The number of rotatable bonds is 19. The van der Waals surface area contributed by atoms with Crippen molar-refractivity contribution < 1.29 is 42.1 Å². The second-order valence-electron chi connectivity index (χ2n) is 13.9. The monoisotopic (exact) mass is 737 g/mol. The highest BCUT2D eigenvalue weighted by Crippen LogP contribution is 2.48. The first-order valence-electron chi connectivity index (χ1n) is 17.3. The Hall–Kier alpha value is -3.52. The van der Waals surface area contributed by atoms with Gasteiger partial charge in [0.1, 0.15) is 6.54 Å². The molecule has 2 unspecified atom stereocenters. The van der Waals surface area contributed by atoms with E-state index in [0.29, 0.717) is 38.8 Å². The minimum atomic E-state index is -2.08. The zero-order valence-electron chi connectivity index (χ0n) is 29.8. The van der Waals surface area contributed by atoms with Crippen LogP contribution in [0.1, 0.15) is 75.6 Å². The molecule has 2 aromatic rings. The van der Waals surface area contributed by atoms with Gasteiger partial charge in [-0.05, 0) is 74.4 Å². The first kappa shape index (κ1) is 40.3. The van der Waals surface area contributed by atoms with Crippen LogP contribution in [0.2, 0.25) is 0 Å². The van der Waals surface area contributed by atoms with Crippen LogP contribution >= 0.6 is 0 Å². The Balaban J connectivity index is 1.55. The van der Waals surface area contributed by atoms with Crippen LogP contribution in [-0.2, 0) is 55.5 Å². The van der Waals surface area contributed by atoms with Crippen LogP contribution in [0.4, 0.5) is 11.4 Å². The normalized spacial score (nSPS) is 18.4. The second kappa shape index (κ2) is 18.3. The minimum Gasteiger partial charge on any atom is -0.772 e. The molecule has 2 aromatic carbocycles. The van der Waals surface area contributed by atoms with Crippen LogP contribution in [0.5, 0.6) is 0 Å². The van der Waals surface area contributed by atoms with Gasteiger partial charge in [-0.1, -0.05) is 84.6 Å². The van der Waals surface area contributed by atoms with Gasteiger partial charge >= 0.3 is 5.97 Å². The fourth-order valence-corrected chi connectivity index (χ4v) is 7.88. The lowest BCUT2D eigenvalue weighted by molar-refractivity contribution is -0.438. The van der Waals surface area contributed by atoms with Crippen molar-refractivity contribution in [3.8, 4) is 0 Å². The van der Waals surface area contributed by atoms with Crippen molar-refractivity contribution >= 4 is 45.2 Å². The van der Waals surface area contributed by atoms with Gasteiger partial charge in [0, 0.05) is 59.0 Å². The largest absolute Gasteiger partial charge is 0.772 e. The summed E-state index contributed by atoms with van der Waals surface area (Å²) in [6, 6.07) is 12.1. The fraction of sp³-hybridized carbons (Fsp3) is 0.436. The van der Waals surface area contributed by atoms with E-state index in [9.17, 15) is 27.4 Å². The van der Waals surface area contributed by atoms with Gasteiger partial charge < -0.3 is 19.1 Å². The third kappa shape index (κ3) is 10.3. The quantitative estimate of drug-likeness (QED) is 0.0417. The van der Waals surface area contributed by atoms with Crippen molar-refractivity contribution in [3.05, 3.63) is 107 Å². The second-order valence-corrected chi connectivity index (χ2v) is 15.9. The van der Waals surface area contributed by atoms with Crippen molar-refractivity contribution in [2.45, 2.75) is 77.0 Å². The number of aliphatic carboxylic acids is 1. The van der Waals surface area contributed by atoms with E-state index in [1.54, 1.807) is 0 Å². The molecule has 2 atom stereocenters. The van der Waals surface area contributed by atoms with E-state index in [1.165, 1.54) is 5.56 Å². The fourth-order valence-electron chi connectivity index (χ4n) is 7.00. The van der Waals surface area contributed by atoms with Crippen molar-refractivity contribution in [1.29, 1.82) is 0 Å². The molecule has 0 bridgehead atoms. The molecular weight excluding hydrogens is 689 g/mol. The van der Waals surface area contributed by atoms with Gasteiger partial charge in [-0.3, -0.25) is 18.5 Å². The summed E-state index contributed by atoms with van der Waals surface area (Å²) in [5.74, 6) is -0.630. The van der Waals surface area contributed by atoms with E-state index in [4.69, 9.17) is 5.26 Å². The number of hydrogen-bond acceptors (Lipinski definition) is 8. The van der Waals surface area contributed by atoms with Crippen molar-refractivity contribution in [2.24, 2.45) is 0 Å². The summed E-state index contributed by atoms with van der Waals surface area (Å²) in [7, 11) is 0. The Morgan fingerprint density at radius 3 is 2.20 bits per heavy atom. The Labute approximate surface area is 306 Å². The third-order valence-corrected chi connectivity index (χ3v) is 10.8. The molecule has 2 heterocycles. The summed E-state index contributed by atoms with van der Waals surface area (Å²) >= 11 is -4.14. The van der Waals surface area contributed by atoms with E-state index < -0.39 is 33.5 Å². The van der Waals surface area contributed by atoms with Gasteiger partial charge in [0.2, 0.25) is 5.69 Å². The van der Waals surface area contributed by atoms with Crippen LogP contribution in [0.15, 0.2) is 84.6 Å². The maximum atomic E-state index is 11.4. The first-order valence-corrected chi connectivity index (χ1v) is 19.8. The van der Waals surface area contributed by atoms with Gasteiger partial charge in [-0.15, -0.1) is 0 Å². The number of anilines is 1. The molecule has 276 valence electrons. The van der Waals surface area contributed by atoms with E-state index in [-0.39, 0.29) is 29.9 Å². The Bertz CT molecular complexity index is 1770. The summed E-state index contributed by atoms with van der Waals surface area (Å²) in [6.45, 7) is 10.1. The predicted octanol–water partition coefficient (Wildman–Crippen LogP) is 6.39. The summed E-state index contributed by atoms with van der Waals surface area (Å²) in [4.78, 5) is 17.9. The zero-order chi connectivity index (χ0) is 37.2. The molecule has 2 aliphatic heterocycles. The van der Waals surface area contributed by atoms with Crippen LogP contribution in [0, 0.1) is 0 Å². The lowest BCUT2D eigenvalue weighted by Gasteiger charge is -2.27. The van der Waals surface area contributed by atoms with Crippen LogP contribution in [0.25, 0.3) is 0 Å². The molecule has 0 saturated carbocycles. The number of carboxylic acids is 1. The lowest BCUT2D eigenvalue weighted by Crippen LogP contribution is -2.28. The number of fused-ring (bicyclic) bond motifs is 2. The van der Waals surface area contributed by atoms with Crippen LogP contribution < -0.4 is 4.90 Å². The van der Waals surface area contributed by atoms with E-state index >= 15 is 0 Å². The number of benzene rings is 2. The Morgan fingerprint density at radius 2 is 1.51 bits per heavy atom. The molecule has 10 nitrogen and oxygen atoms in total. The van der Waals surface area contributed by atoms with Crippen LogP contribution in [0.3, 0.4) is 0 Å². The Morgan fingerprint density at radius 1 is 0.863 bits per heavy atom. The van der Waals surface area contributed by atoms with Crippen molar-refractivity contribution in [3.63, 3.8) is 0 Å². The van der Waals surface area contributed by atoms with E-state index in [2.05, 4.69) is 66.3 Å². The van der Waals surface area contributed by atoms with Gasteiger partial charge in [-0.2, -0.15) is 4.58 Å². The zero-order valence-corrected chi connectivity index (χ0v) is 31.5. The molecule has 0 spiro atoms.